The van der Waals surface area contributed by atoms with Crippen molar-refractivity contribution < 1.29 is 9.59 Å². The highest BCUT2D eigenvalue weighted by Crippen LogP contribution is 2.15. The Hall–Kier alpha value is -1.32. The van der Waals surface area contributed by atoms with E-state index < -0.39 is 0 Å². The number of hydrogen-bond acceptors (Lipinski definition) is 2. The highest BCUT2D eigenvalue weighted by atomic mass is 16.2. The number of carbonyl (C=O) groups is 2. The van der Waals surface area contributed by atoms with Crippen LogP contribution >= 0.6 is 0 Å². The number of piperazine rings is 1. The molecule has 2 atom stereocenters. The molecular formula is C12H20N2O2. The molecular weight excluding hydrogens is 204 g/mol. The predicted molar refractivity (Wildman–Crippen MR) is 62.8 cm³/mol. The van der Waals surface area contributed by atoms with Crippen LogP contribution in [0.3, 0.4) is 0 Å². The van der Waals surface area contributed by atoms with Gasteiger partial charge in [0.05, 0.1) is 6.54 Å². The minimum Gasteiger partial charge on any atom is -0.343 e. The van der Waals surface area contributed by atoms with Crippen molar-refractivity contribution in [3.63, 3.8) is 0 Å². The Bertz CT molecular complexity index is 299. The Labute approximate surface area is 96.7 Å². The van der Waals surface area contributed by atoms with Crippen LogP contribution in [0.15, 0.2) is 12.7 Å². The maximum Gasteiger partial charge on any atom is 0.246 e. The quantitative estimate of drug-likeness (QED) is 0.722. The van der Waals surface area contributed by atoms with Crippen LogP contribution in [-0.4, -0.2) is 35.3 Å². The number of hydrogen-bond donors (Lipinski definition) is 1. The minimum absolute atomic E-state index is 0.0175. The van der Waals surface area contributed by atoms with Gasteiger partial charge in [-0.05, 0) is 19.3 Å². The Morgan fingerprint density at radius 2 is 2.12 bits per heavy atom. The molecule has 90 valence electrons. The molecule has 0 aliphatic carbocycles. The zero-order valence-corrected chi connectivity index (χ0v) is 10.2. The first-order valence-corrected chi connectivity index (χ1v) is 5.68. The summed E-state index contributed by atoms with van der Waals surface area (Å²) in [6, 6.07) is -0.342. The van der Waals surface area contributed by atoms with E-state index in [4.69, 9.17) is 0 Å². The molecule has 0 aromatic heterocycles. The van der Waals surface area contributed by atoms with Crippen molar-refractivity contribution in [3.05, 3.63) is 12.7 Å². The Morgan fingerprint density at radius 1 is 1.50 bits per heavy atom. The molecule has 1 rings (SSSR count). The van der Waals surface area contributed by atoms with Gasteiger partial charge in [-0.1, -0.05) is 19.9 Å². The fraction of sp³-hybridized carbons (Fsp3) is 0.667. The smallest absolute Gasteiger partial charge is 0.246 e. The van der Waals surface area contributed by atoms with Crippen LogP contribution in [-0.2, 0) is 9.59 Å². The second kappa shape index (κ2) is 5.14. The Kier molecular flexibility index (Phi) is 4.10. The van der Waals surface area contributed by atoms with E-state index >= 15 is 0 Å². The van der Waals surface area contributed by atoms with Gasteiger partial charge in [0.15, 0.2) is 0 Å². The van der Waals surface area contributed by atoms with Gasteiger partial charge in [-0.15, -0.1) is 6.58 Å². The van der Waals surface area contributed by atoms with Crippen molar-refractivity contribution in [2.75, 3.05) is 6.54 Å². The Morgan fingerprint density at radius 3 is 2.62 bits per heavy atom. The van der Waals surface area contributed by atoms with Crippen LogP contribution in [0, 0.1) is 5.92 Å². The summed E-state index contributed by atoms with van der Waals surface area (Å²) in [6.07, 6.45) is 2.48. The fourth-order valence-corrected chi connectivity index (χ4v) is 1.89. The van der Waals surface area contributed by atoms with Crippen LogP contribution in [0.25, 0.3) is 0 Å². The van der Waals surface area contributed by atoms with E-state index in [2.05, 4.69) is 11.9 Å². The molecule has 1 heterocycles. The van der Waals surface area contributed by atoms with E-state index in [1.807, 2.05) is 20.8 Å². The van der Waals surface area contributed by atoms with Crippen LogP contribution < -0.4 is 5.32 Å². The number of rotatable bonds is 4. The molecule has 0 bridgehead atoms. The summed E-state index contributed by atoms with van der Waals surface area (Å²) in [5.41, 5.74) is 0. The number of carbonyl (C=O) groups excluding carboxylic acids is 2. The second-order valence-electron chi connectivity index (χ2n) is 4.63. The molecule has 16 heavy (non-hydrogen) atoms. The average Bonchev–Trinajstić information content (AvgIpc) is 2.20. The molecule has 0 radical (unpaired) electrons. The maximum atomic E-state index is 12.1. The number of amides is 2. The van der Waals surface area contributed by atoms with Crippen LogP contribution in [0.4, 0.5) is 0 Å². The lowest BCUT2D eigenvalue weighted by atomic mass is 9.99. The van der Waals surface area contributed by atoms with E-state index in [9.17, 15) is 9.59 Å². The third-order valence-corrected chi connectivity index (χ3v) is 2.89. The molecule has 0 saturated carbocycles. The van der Waals surface area contributed by atoms with Gasteiger partial charge in [0.25, 0.3) is 0 Å². The zero-order chi connectivity index (χ0) is 12.3. The zero-order valence-electron chi connectivity index (χ0n) is 10.2. The summed E-state index contributed by atoms with van der Waals surface area (Å²) < 4.78 is 0. The summed E-state index contributed by atoms with van der Waals surface area (Å²) in [5.74, 6) is 0.0633. The van der Waals surface area contributed by atoms with Crippen LogP contribution in [0.5, 0.6) is 0 Å². The standard InChI is InChI=1S/C12H20N2O2/c1-5-6-9(4)14-7-10(15)13-11(8(2)3)12(14)16/h5,8-9,11H,1,6-7H2,2-4H3,(H,13,15). The van der Waals surface area contributed by atoms with E-state index in [1.165, 1.54) is 0 Å². The van der Waals surface area contributed by atoms with Crippen molar-refractivity contribution in [1.82, 2.24) is 10.2 Å². The lowest BCUT2D eigenvalue weighted by Crippen LogP contribution is -2.61. The lowest BCUT2D eigenvalue weighted by Gasteiger charge is -2.37. The normalized spacial score (nSPS) is 23.2. The third-order valence-electron chi connectivity index (χ3n) is 2.89. The maximum absolute atomic E-state index is 12.1. The largest absolute Gasteiger partial charge is 0.343 e. The first-order chi connectivity index (χ1) is 7.47. The molecule has 2 unspecified atom stereocenters. The molecule has 0 aromatic rings. The van der Waals surface area contributed by atoms with Crippen molar-refractivity contribution in [2.45, 2.75) is 39.3 Å². The van der Waals surface area contributed by atoms with Crippen LogP contribution in [0.1, 0.15) is 27.2 Å². The van der Waals surface area contributed by atoms with Gasteiger partial charge in [0, 0.05) is 6.04 Å². The summed E-state index contributed by atoms with van der Waals surface area (Å²) in [7, 11) is 0. The highest BCUT2D eigenvalue weighted by Gasteiger charge is 2.36. The van der Waals surface area contributed by atoms with Crippen molar-refractivity contribution in [3.8, 4) is 0 Å². The minimum atomic E-state index is -0.381. The fourth-order valence-electron chi connectivity index (χ4n) is 1.89. The summed E-state index contributed by atoms with van der Waals surface area (Å²) in [4.78, 5) is 25.3. The van der Waals surface area contributed by atoms with Crippen molar-refractivity contribution >= 4 is 11.8 Å². The third kappa shape index (κ3) is 2.62. The van der Waals surface area contributed by atoms with Gasteiger partial charge >= 0.3 is 0 Å². The molecule has 4 heteroatoms. The SMILES string of the molecule is C=CCC(C)N1CC(=O)NC(C(C)C)C1=O. The monoisotopic (exact) mass is 224 g/mol. The van der Waals surface area contributed by atoms with Gasteiger partial charge < -0.3 is 10.2 Å². The highest BCUT2D eigenvalue weighted by molar-refractivity contribution is 5.95. The first-order valence-electron chi connectivity index (χ1n) is 5.68. The van der Waals surface area contributed by atoms with Gasteiger partial charge in [0.1, 0.15) is 6.04 Å². The molecule has 1 aliphatic rings. The first kappa shape index (κ1) is 12.7. The van der Waals surface area contributed by atoms with E-state index in [-0.39, 0.29) is 36.4 Å². The van der Waals surface area contributed by atoms with Gasteiger partial charge in [-0.2, -0.15) is 0 Å². The van der Waals surface area contributed by atoms with Crippen molar-refractivity contribution in [2.24, 2.45) is 5.92 Å². The van der Waals surface area contributed by atoms with E-state index in [0.717, 1.165) is 0 Å². The lowest BCUT2D eigenvalue weighted by molar-refractivity contribution is -0.147. The number of nitrogens with one attached hydrogen (secondary N) is 1. The molecule has 1 fully saturated rings. The van der Waals surface area contributed by atoms with E-state index in [1.54, 1.807) is 11.0 Å². The molecule has 2 amide bonds. The molecule has 0 aromatic carbocycles. The molecule has 0 spiro atoms. The van der Waals surface area contributed by atoms with Crippen molar-refractivity contribution in [1.29, 1.82) is 0 Å². The summed E-state index contributed by atoms with van der Waals surface area (Å²) in [6.45, 7) is 9.63. The van der Waals surface area contributed by atoms with E-state index in [0.29, 0.717) is 6.42 Å². The van der Waals surface area contributed by atoms with Crippen LogP contribution in [0.2, 0.25) is 0 Å². The summed E-state index contributed by atoms with van der Waals surface area (Å²) >= 11 is 0. The van der Waals surface area contributed by atoms with Gasteiger partial charge in [-0.3, -0.25) is 9.59 Å². The van der Waals surface area contributed by atoms with Gasteiger partial charge in [-0.25, -0.2) is 0 Å². The van der Waals surface area contributed by atoms with Gasteiger partial charge in [0.2, 0.25) is 11.8 Å². The second-order valence-corrected chi connectivity index (χ2v) is 4.63. The molecule has 4 nitrogen and oxygen atoms in total. The average molecular weight is 224 g/mol. The Balaban J connectivity index is 2.80. The molecule has 1 N–H and O–H groups in total. The topological polar surface area (TPSA) is 49.4 Å². The molecule has 1 saturated heterocycles. The molecule has 1 aliphatic heterocycles. The predicted octanol–water partition coefficient (Wildman–Crippen LogP) is 0.934. The summed E-state index contributed by atoms with van der Waals surface area (Å²) in [5, 5.41) is 2.74. The number of nitrogens with zero attached hydrogens (tertiary/aromatic N) is 1.